The molecule has 7 nitrogen and oxygen atoms in total. The summed E-state index contributed by atoms with van der Waals surface area (Å²) in [5.74, 6) is 0.535. The third-order valence-electron chi connectivity index (χ3n) is 4.06. The quantitative estimate of drug-likeness (QED) is 0.464. The van der Waals surface area contributed by atoms with E-state index in [1.807, 2.05) is 34.5 Å². The number of anilines is 1. The molecule has 0 spiro atoms. The Morgan fingerprint density at radius 3 is 2.74 bits per heavy atom. The van der Waals surface area contributed by atoms with Crippen molar-refractivity contribution in [3.8, 4) is 0 Å². The zero-order valence-corrected chi connectivity index (χ0v) is 15.6. The molecule has 3 aromatic rings. The molecule has 27 heavy (non-hydrogen) atoms. The summed E-state index contributed by atoms with van der Waals surface area (Å²) in [5, 5.41) is 15.8. The van der Waals surface area contributed by atoms with E-state index in [-0.39, 0.29) is 18.1 Å². The van der Waals surface area contributed by atoms with Crippen molar-refractivity contribution < 1.29 is 14.1 Å². The van der Waals surface area contributed by atoms with Crippen LogP contribution in [0.1, 0.15) is 16.2 Å². The van der Waals surface area contributed by atoms with Gasteiger partial charge in [-0.15, -0.1) is 11.3 Å². The number of thiophene rings is 1. The van der Waals surface area contributed by atoms with E-state index in [1.54, 1.807) is 36.7 Å². The molecule has 0 radical (unpaired) electrons. The first-order chi connectivity index (χ1) is 13.0. The van der Waals surface area contributed by atoms with E-state index in [4.69, 9.17) is 4.42 Å². The van der Waals surface area contributed by atoms with Gasteiger partial charge in [0.1, 0.15) is 5.76 Å². The zero-order chi connectivity index (χ0) is 19.2. The van der Waals surface area contributed by atoms with E-state index in [9.17, 15) is 14.9 Å². The van der Waals surface area contributed by atoms with Gasteiger partial charge in [0.05, 0.1) is 35.5 Å². The SMILES string of the molecule is Cc1c(NC(=O)CN(Cc2ccco2)Cc2cccs2)cccc1[N+](=O)[O-]. The van der Waals surface area contributed by atoms with Gasteiger partial charge >= 0.3 is 0 Å². The number of nitrogens with one attached hydrogen (secondary N) is 1. The molecule has 0 unspecified atom stereocenters. The molecule has 3 rings (SSSR count). The van der Waals surface area contributed by atoms with Crippen LogP contribution in [0.2, 0.25) is 0 Å². The number of nitro benzene ring substituents is 1. The van der Waals surface area contributed by atoms with Gasteiger partial charge in [0.25, 0.3) is 5.69 Å². The van der Waals surface area contributed by atoms with Gasteiger partial charge in [-0.2, -0.15) is 0 Å². The second-order valence-corrected chi connectivity index (χ2v) is 7.09. The van der Waals surface area contributed by atoms with Crippen molar-refractivity contribution in [2.45, 2.75) is 20.0 Å². The molecule has 0 saturated heterocycles. The van der Waals surface area contributed by atoms with Crippen LogP contribution < -0.4 is 5.32 Å². The lowest BCUT2D eigenvalue weighted by molar-refractivity contribution is -0.385. The normalized spacial score (nSPS) is 10.9. The predicted octanol–water partition coefficient (Wildman–Crippen LogP) is 4.20. The highest BCUT2D eigenvalue weighted by atomic mass is 32.1. The van der Waals surface area contributed by atoms with Crippen LogP contribution in [0.3, 0.4) is 0 Å². The first-order valence-corrected chi connectivity index (χ1v) is 9.22. The Morgan fingerprint density at radius 2 is 2.07 bits per heavy atom. The molecule has 0 saturated carbocycles. The van der Waals surface area contributed by atoms with Gasteiger partial charge in [-0.3, -0.25) is 19.8 Å². The predicted molar refractivity (Wildman–Crippen MR) is 104 cm³/mol. The minimum Gasteiger partial charge on any atom is -0.468 e. The van der Waals surface area contributed by atoms with Crippen LogP contribution in [-0.4, -0.2) is 22.3 Å². The Bertz CT molecular complexity index is 871. The minimum absolute atomic E-state index is 0.0150. The molecule has 8 heteroatoms. The molecule has 0 atom stereocenters. The van der Waals surface area contributed by atoms with Crippen molar-refractivity contribution in [1.82, 2.24) is 4.90 Å². The minimum atomic E-state index is -0.453. The Labute approximate surface area is 160 Å². The Hall–Kier alpha value is -2.97. The average molecular weight is 385 g/mol. The van der Waals surface area contributed by atoms with Crippen LogP contribution in [0.15, 0.2) is 58.5 Å². The topological polar surface area (TPSA) is 88.6 Å². The molecule has 1 amide bonds. The van der Waals surface area contributed by atoms with Crippen molar-refractivity contribution in [3.05, 3.63) is 80.4 Å². The summed E-state index contributed by atoms with van der Waals surface area (Å²) in [7, 11) is 0. The highest BCUT2D eigenvalue weighted by Gasteiger charge is 2.17. The van der Waals surface area contributed by atoms with Gasteiger partial charge < -0.3 is 9.73 Å². The lowest BCUT2D eigenvalue weighted by atomic mass is 10.1. The molecule has 2 aromatic heterocycles. The standard InChI is InChI=1S/C19H19N3O4S/c1-14-17(7-2-8-18(14)22(24)25)20-19(23)13-21(11-15-5-3-9-26-15)12-16-6-4-10-27-16/h2-10H,11-13H2,1H3,(H,20,23). The summed E-state index contributed by atoms with van der Waals surface area (Å²) in [5.41, 5.74) is 0.869. The van der Waals surface area contributed by atoms with Gasteiger partial charge in [-0.05, 0) is 36.6 Å². The molecule has 1 aromatic carbocycles. The molecule has 140 valence electrons. The maximum atomic E-state index is 12.6. The molecular formula is C19H19N3O4S. The van der Waals surface area contributed by atoms with E-state index in [0.29, 0.717) is 24.3 Å². The second-order valence-electron chi connectivity index (χ2n) is 6.06. The highest BCUT2D eigenvalue weighted by Crippen LogP contribution is 2.25. The molecule has 1 N–H and O–H groups in total. The number of nitrogens with zero attached hydrogens (tertiary/aromatic N) is 2. The maximum absolute atomic E-state index is 12.6. The van der Waals surface area contributed by atoms with Crippen molar-refractivity contribution in [2.75, 3.05) is 11.9 Å². The Morgan fingerprint density at radius 1 is 1.22 bits per heavy atom. The molecule has 0 aliphatic carbocycles. The smallest absolute Gasteiger partial charge is 0.274 e. The fourth-order valence-corrected chi connectivity index (χ4v) is 3.51. The number of amides is 1. The maximum Gasteiger partial charge on any atom is 0.274 e. The van der Waals surface area contributed by atoms with Gasteiger partial charge in [0.15, 0.2) is 0 Å². The molecule has 0 aliphatic heterocycles. The number of nitro groups is 1. The van der Waals surface area contributed by atoms with Crippen molar-refractivity contribution >= 4 is 28.6 Å². The summed E-state index contributed by atoms with van der Waals surface area (Å²) in [6.07, 6.45) is 1.60. The zero-order valence-electron chi connectivity index (χ0n) is 14.8. The summed E-state index contributed by atoms with van der Waals surface area (Å²) in [6, 6.07) is 12.3. The summed E-state index contributed by atoms with van der Waals surface area (Å²) in [6.45, 7) is 2.87. The highest BCUT2D eigenvalue weighted by molar-refractivity contribution is 7.09. The monoisotopic (exact) mass is 385 g/mol. The van der Waals surface area contributed by atoms with Crippen LogP contribution >= 0.6 is 11.3 Å². The van der Waals surface area contributed by atoms with Gasteiger partial charge in [0.2, 0.25) is 5.91 Å². The third kappa shape index (κ3) is 5.02. The average Bonchev–Trinajstić information content (AvgIpc) is 3.30. The number of rotatable bonds is 8. The lowest BCUT2D eigenvalue weighted by Gasteiger charge is -2.20. The lowest BCUT2D eigenvalue weighted by Crippen LogP contribution is -2.32. The van der Waals surface area contributed by atoms with Crippen LogP contribution in [0.4, 0.5) is 11.4 Å². The number of carbonyl (C=O) groups excluding carboxylic acids is 1. The Balaban J connectivity index is 1.70. The van der Waals surface area contributed by atoms with Crippen molar-refractivity contribution in [2.24, 2.45) is 0 Å². The largest absolute Gasteiger partial charge is 0.468 e. The molecule has 0 fully saturated rings. The summed E-state index contributed by atoms with van der Waals surface area (Å²) >= 11 is 1.62. The van der Waals surface area contributed by atoms with E-state index >= 15 is 0 Å². The van der Waals surface area contributed by atoms with E-state index < -0.39 is 4.92 Å². The van der Waals surface area contributed by atoms with Crippen LogP contribution in [0, 0.1) is 17.0 Å². The second kappa shape index (κ2) is 8.61. The summed E-state index contributed by atoms with van der Waals surface area (Å²) < 4.78 is 5.40. The first kappa shape index (κ1) is 18.8. The Kier molecular flexibility index (Phi) is 6.00. The van der Waals surface area contributed by atoms with E-state index in [2.05, 4.69) is 5.32 Å². The van der Waals surface area contributed by atoms with Crippen LogP contribution in [0.5, 0.6) is 0 Å². The first-order valence-electron chi connectivity index (χ1n) is 8.34. The number of benzene rings is 1. The van der Waals surface area contributed by atoms with Crippen LogP contribution in [0.25, 0.3) is 0 Å². The third-order valence-corrected chi connectivity index (χ3v) is 4.92. The van der Waals surface area contributed by atoms with Crippen LogP contribution in [-0.2, 0) is 17.9 Å². The van der Waals surface area contributed by atoms with Crippen molar-refractivity contribution in [3.63, 3.8) is 0 Å². The van der Waals surface area contributed by atoms with E-state index in [0.717, 1.165) is 10.6 Å². The van der Waals surface area contributed by atoms with E-state index in [1.165, 1.54) is 6.07 Å². The fraction of sp³-hybridized carbons (Fsp3) is 0.211. The fourth-order valence-electron chi connectivity index (χ4n) is 2.76. The van der Waals surface area contributed by atoms with Gasteiger partial charge in [0, 0.05) is 17.5 Å². The molecule has 2 heterocycles. The number of carbonyl (C=O) groups is 1. The summed E-state index contributed by atoms with van der Waals surface area (Å²) in [4.78, 5) is 26.3. The molecule has 0 bridgehead atoms. The number of hydrogen-bond acceptors (Lipinski definition) is 6. The van der Waals surface area contributed by atoms with Crippen molar-refractivity contribution in [1.29, 1.82) is 0 Å². The molecule has 0 aliphatic rings. The van der Waals surface area contributed by atoms with Gasteiger partial charge in [-0.1, -0.05) is 12.1 Å². The molecular weight excluding hydrogens is 366 g/mol. The number of furan rings is 1. The number of hydrogen-bond donors (Lipinski definition) is 1. The van der Waals surface area contributed by atoms with Gasteiger partial charge in [-0.25, -0.2) is 0 Å².